The summed E-state index contributed by atoms with van der Waals surface area (Å²) in [6.45, 7) is 4.34. The van der Waals surface area contributed by atoms with Gasteiger partial charge in [0.1, 0.15) is 5.56 Å². The normalized spacial score (nSPS) is 10.6. The average Bonchev–Trinajstić information content (AvgIpc) is 2.59. The minimum absolute atomic E-state index is 0.127. The SMILES string of the molecule is Cc1cccc(Cn2cccc(C(=O)Nc3ccc(Br)cc3C)c2=O)c1. The Morgan fingerprint density at radius 1 is 1.08 bits per heavy atom. The third-order valence-electron chi connectivity index (χ3n) is 4.14. The van der Waals surface area contributed by atoms with E-state index in [-0.39, 0.29) is 11.1 Å². The van der Waals surface area contributed by atoms with E-state index in [1.54, 1.807) is 22.9 Å². The van der Waals surface area contributed by atoms with Crippen molar-refractivity contribution in [3.8, 4) is 0 Å². The van der Waals surface area contributed by atoms with Crippen molar-refractivity contribution in [3.05, 3.63) is 97.9 Å². The Bertz CT molecular complexity index is 1020. The van der Waals surface area contributed by atoms with Crippen LogP contribution in [-0.4, -0.2) is 10.5 Å². The number of rotatable bonds is 4. The fraction of sp³-hybridized carbons (Fsp3) is 0.143. The van der Waals surface area contributed by atoms with E-state index >= 15 is 0 Å². The lowest BCUT2D eigenvalue weighted by Crippen LogP contribution is -2.29. The van der Waals surface area contributed by atoms with Gasteiger partial charge in [0.25, 0.3) is 11.5 Å². The largest absolute Gasteiger partial charge is 0.322 e. The number of pyridine rings is 1. The Kier molecular flexibility index (Phi) is 5.38. The molecule has 0 fully saturated rings. The van der Waals surface area contributed by atoms with E-state index in [1.807, 2.05) is 56.3 Å². The first-order chi connectivity index (χ1) is 12.4. The van der Waals surface area contributed by atoms with E-state index < -0.39 is 5.91 Å². The summed E-state index contributed by atoms with van der Waals surface area (Å²) in [5.74, 6) is -0.404. The van der Waals surface area contributed by atoms with Crippen LogP contribution in [0.4, 0.5) is 5.69 Å². The summed E-state index contributed by atoms with van der Waals surface area (Å²) in [4.78, 5) is 25.3. The zero-order valence-corrected chi connectivity index (χ0v) is 16.2. The van der Waals surface area contributed by atoms with Crippen LogP contribution in [0.25, 0.3) is 0 Å². The van der Waals surface area contributed by atoms with Gasteiger partial charge in [-0.15, -0.1) is 0 Å². The lowest BCUT2D eigenvalue weighted by atomic mass is 10.1. The first kappa shape index (κ1) is 18.1. The van der Waals surface area contributed by atoms with Crippen LogP contribution in [0.3, 0.4) is 0 Å². The molecule has 0 saturated carbocycles. The molecule has 3 aromatic rings. The number of halogens is 1. The second-order valence-corrected chi connectivity index (χ2v) is 7.17. The molecule has 1 N–H and O–H groups in total. The molecule has 0 aliphatic heterocycles. The van der Waals surface area contributed by atoms with Gasteiger partial charge < -0.3 is 9.88 Å². The molecule has 132 valence electrons. The number of nitrogens with zero attached hydrogens (tertiary/aromatic N) is 1. The summed E-state index contributed by atoms with van der Waals surface area (Å²) in [5, 5.41) is 2.82. The molecule has 26 heavy (non-hydrogen) atoms. The summed E-state index contributed by atoms with van der Waals surface area (Å²) in [6, 6.07) is 16.8. The number of benzene rings is 2. The number of hydrogen-bond acceptors (Lipinski definition) is 2. The van der Waals surface area contributed by atoms with E-state index in [4.69, 9.17) is 0 Å². The van der Waals surface area contributed by atoms with Crippen molar-refractivity contribution in [3.63, 3.8) is 0 Å². The second kappa shape index (κ2) is 7.70. The van der Waals surface area contributed by atoms with Gasteiger partial charge >= 0.3 is 0 Å². The van der Waals surface area contributed by atoms with E-state index in [9.17, 15) is 9.59 Å². The van der Waals surface area contributed by atoms with Crippen molar-refractivity contribution >= 4 is 27.5 Å². The molecule has 2 aromatic carbocycles. The van der Waals surface area contributed by atoms with Crippen molar-refractivity contribution in [2.45, 2.75) is 20.4 Å². The molecule has 0 radical (unpaired) electrons. The number of anilines is 1. The molecule has 1 amide bonds. The average molecular weight is 411 g/mol. The Hall–Kier alpha value is -2.66. The van der Waals surface area contributed by atoms with Crippen LogP contribution in [0.15, 0.2) is 70.1 Å². The molecule has 5 heteroatoms. The summed E-state index contributed by atoms with van der Waals surface area (Å²) in [7, 11) is 0. The van der Waals surface area contributed by atoms with E-state index in [0.29, 0.717) is 12.2 Å². The van der Waals surface area contributed by atoms with E-state index in [0.717, 1.165) is 21.2 Å². The Balaban J connectivity index is 1.86. The lowest BCUT2D eigenvalue weighted by molar-refractivity contribution is 0.102. The van der Waals surface area contributed by atoms with Crippen molar-refractivity contribution < 1.29 is 4.79 Å². The van der Waals surface area contributed by atoms with Crippen LogP contribution >= 0.6 is 15.9 Å². The van der Waals surface area contributed by atoms with Gasteiger partial charge in [-0.2, -0.15) is 0 Å². The highest BCUT2D eigenvalue weighted by atomic mass is 79.9. The van der Waals surface area contributed by atoms with Gasteiger partial charge in [0.15, 0.2) is 0 Å². The number of amides is 1. The first-order valence-corrected chi connectivity index (χ1v) is 9.06. The summed E-state index contributed by atoms with van der Waals surface area (Å²) in [5.41, 5.74) is 3.59. The molecule has 0 saturated heterocycles. The van der Waals surface area contributed by atoms with Gasteiger partial charge in [0.2, 0.25) is 0 Å². The minimum atomic E-state index is -0.404. The maximum Gasteiger partial charge on any atom is 0.263 e. The fourth-order valence-corrected chi connectivity index (χ4v) is 3.27. The smallest absolute Gasteiger partial charge is 0.263 e. The van der Waals surface area contributed by atoms with Crippen molar-refractivity contribution in [1.82, 2.24) is 4.57 Å². The third kappa shape index (κ3) is 4.11. The topological polar surface area (TPSA) is 51.1 Å². The van der Waals surface area contributed by atoms with E-state index in [2.05, 4.69) is 21.2 Å². The highest BCUT2D eigenvalue weighted by molar-refractivity contribution is 9.10. The Morgan fingerprint density at radius 3 is 2.62 bits per heavy atom. The molecule has 0 unspecified atom stereocenters. The minimum Gasteiger partial charge on any atom is -0.322 e. The van der Waals surface area contributed by atoms with Gasteiger partial charge in [-0.25, -0.2) is 0 Å². The zero-order valence-electron chi connectivity index (χ0n) is 14.6. The molecule has 3 rings (SSSR count). The number of carbonyl (C=O) groups excluding carboxylic acids is 1. The van der Waals surface area contributed by atoms with Gasteiger partial charge in [0, 0.05) is 16.4 Å². The summed E-state index contributed by atoms with van der Waals surface area (Å²) < 4.78 is 2.49. The van der Waals surface area contributed by atoms with Crippen molar-refractivity contribution in [1.29, 1.82) is 0 Å². The first-order valence-electron chi connectivity index (χ1n) is 8.26. The van der Waals surface area contributed by atoms with Gasteiger partial charge in [-0.05, 0) is 55.3 Å². The molecule has 1 aromatic heterocycles. The van der Waals surface area contributed by atoms with Crippen LogP contribution in [0.1, 0.15) is 27.0 Å². The Labute approximate surface area is 160 Å². The number of carbonyl (C=O) groups is 1. The number of aromatic nitrogens is 1. The van der Waals surface area contributed by atoms with Crippen LogP contribution < -0.4 is 10.9 Å². The molecule has 1 heterocycles. The Morgan fingerprint density at radius 2 is 1.88 bits per heavy atom. The third-order valence-corrected chi connectivity index (χ3v) is 4.63. The maximum atomic E-state index is 12.7. The molecule has 4 nitrogen and oxygen atoms in total. The van der Waals surface area contributed by atoms with Crippen molar-refractivity contribution in [2.24, 2.45) is 0 Å². The van der Waals surface area contributed by atoms with Gasteiger partial charge in [-0.3, -0.25) is 9.59 Å². The zero-order chi connectivity index (χ0) is 18.7. The predicted molar refractivity (Wildman–Crippen MR) is 108 cm³/mol. The monoisotopic (exact) mass is 410 g/mol. The van der Waals surface area contributed by atoms with Crippen LogP contribution in [0, 0.1) is 13.8 Å². The molecular formula is C21H19BrN2O2. The molecule has 0 atom stereocenters. The second-order valence-electron chi connectivity index (χ2n) is 6.26. The molecule has 0 spiro atoms. The molecule has 0 bridgehead atoms. The molecule has 0 aliphatic rings. The van der Waals surface area contributed by atoms with E-state index in [1.165, 1.54) is 0 Å². The number of aryl methyl sites for hydroxylation is 2. The van der Waals surface area contributed by atoms with Crippen LogP contribution in [0.5, 0.6) is 0 Å². The van der Waals surface area contributed by atoms with Crippen LogP contribution in [0.2, 0.25) is 0 Å². The summed E-state index contributed by atoms with van der Waals surface area (Å²) >= 11 is 3.40. The van der Waals surface area contributed by atoms with Crippen molar-refractivity contribution in [2.75, 3.05) is 5.32 Å². The highest BCUT2D eigenvalue weighted by Gasteiger charge is 2.13. The van der Waals surface area contributed by atoms with Gasteiger partial charge in [0.05, 0.1) is 6.54 Å². The lowest BCUT2D eigenvalue weighted by Gasteiger charge is -2.11. The molecular weight excluding hydrogens is 392 g/mol. The highest BCUT2D eigenvalue weighted by Crippen LogP contribution is 2.20. The molecule has 0 aliphatic carbocycles. The number of nitrogens with one attached hydrogen (secondary N) is 1. The number of hydrogen-bond donors (Lipinski definition) is 1. The quantitative estimate of drug-likeness (QED) is 0.686. The summed E-state index contributed by atoms with van der Waals surface area (Å²) in [6.07, 6.45) is 1.70. The van der Waals surface area contributed by atoms with Crippen LogP contribution in [-0.2, 0) is 6.54 Å². The maximum absolute atomic E-state index is 12.7. The predicted octanol–water partition coefficient (Wildman–Crippen LogP) is 4.53. The standard InChI is InChI=1S/C21H19BrN2O2/c1-14-5-3-6-16(11-14)13-24-10-4-7-18(21(24)26)20(25)23-19-9-8-17(22)12-15(19)2/h3-12H,13H2,1-2H3,(H,23,25). The fourth-order valence-electron chi connectivity index (χ4n) is 2.80. The van der Waals surface area contributed by atoms with Gasteiger partial charge in [-0.1, -0.05) is 45.8 Å².